The zero-order chi connectivity index (χ0) is 33.7. The van der Waals surface area contributed by atoms with Gasteiger partial charge < -0.3 is 0 Å². The highest BCUT2D eigenvalue weighted by atomic mass is 19.4. The molecule has 5 aromatic carbocycles. The van der Waals surface area contributed by atoms with Gasteiger partial charge in [0.25, 0.3) is 0 Å². The minimum atomic E-state index is -5.13. The summed E-state index contributed by atoms with van der Waals surface area (Å²) in [5.74, 6) is -15.1. The Balaban J connectivity index is 1.57. The predicted octanol–water partition coefficient (Wildman–Crippen LogP) is 11.0. The second-order valence-electron chi connectivity index (χ2n) is 9.59. The summed E-state index contributed by atoms with van der Waals surface area (Å²) in [6.45, 7) is 0. The van der Waals surface area contributed by atoms with Gasteiger partial charge in [-0.1, -0.05) is 24.1 Å². The highest BCUT2D eigenvalue weighted by Crippen LogP contribution is 2.38. The first-order chi connectivity index (χ1) is 21.6. The van der Waals surface area contributed by atoms with Crippen molar-refractivity contribution in [1.29, 1.82) is 0 Å². The first kappa shape index (κ1) is 32.2. The molecule has 0 atom stereocenters. The van der Waals surface area contributed by atoms with Crippen LogP contribution < -0.4 is 0 Å². The van der Waals surface area contributed by atoms with E-state index < -0.39 is 103 Å². The topological polar surface area (TPSA) is 0 Å². The molecule has 0 aliphatic rings. The van der Waals surface area contributed by atoms with Crippen LogP contribution in [0.2, 0.25) is 0 Å². The highest BCUT2D eigenvalue weighted by Gasteiger charge is 2.26. The largest absolute Gasteiger partial charge is 0.458 e. The molecule has 0 aliphatic carbocycles. The third-order valence-electron chi connectivity index (χ3n) is 6.63. The molecule has 0 aromatic heterocycles. The smallest absolute Gasteiger partial charge is 0.206 e. The molecule has 0 amide bonds. The average molecular weight is 654 g/mol. The fourth-order valence-corrected chi connectivity index (χ4v) is 4.65. The van der Waals surface area contributed by atoms with Crippen LogP contribution in [0, 0.1) is 58.4 Å². The summed E-state index contributed by atoms with van der Waals surface area (Å²) in [4.78, 5) is 0. The van der Waals surface area contributed by atoms with Gasteiger partial charge in [-0.2, -0.15) is 13.2 Å². The normalized spacial score (nSPS) is 12.2. The molecule has 0 N–H and O–H groups in total. The number of rotatable bonds is 4. The number of alkyl halides is 3. The molecule has 13 heteroatoms. The summed E-state index contributed by atoms with van der Waals surface area (Å²) in [5.41, 5.74) is -6.63. The summed E-state index contributed by atoms with van der Waals surface area (Å²) >= 11 is 0. The van der Waals surface area contributed by atoms with E-state index in [9.17, 15) is 39.5 Å². The lowest BCUT2D eigenvalue weighted by Crippen LogP contribution is -2.03. The van der Waals surface area contributed by atoms with E-state index >= 15 is 17.6 Å². The van der Waals surface area contributed by atoms with Crippen molar-refractivity contribution in [2.24, 2.45) is 0 Å². The second-order valence-corrected chi connectivity index (χ2v) is 9.59. The maximum absolute atomic E-state index is 15.1. The molecule has 0 bridgehead atoms. The molecule has 234 valence electrons. The Labute approximate surface area is 250 Å². The molecule has 0 radical (unpaired) electrons. The zero-order valence-electron chi connectivity index (χ0n) is 22.3. The predicted molar refractivity (Wildman–Crippen MR) is 143 cm³/mol. The van der Waals surface area contributed by atoms with Crippen LogP contribution in [-0.2, 0) is 0 Å². The van der Waals surface area contributed by atoms with Crippen molar-refractivity contribution in [3.8, 4) is 34.1 Å². The maximum Gasteiger partial charge on any atom is 0.458 e. The van der Waals surface area contributed by atoms with Crippen molar-refractivity contribution in [2.45, 2.75) is 6.18 Å². The summed E-state index contributed by atoms with van der Waals surface area (Å²) in [7, 11) is 0. The molecule has 0 saturated heterocycles. The molecule has 0 nitrogen and oxygen atoms in total. The van der Waals surface area contributed by atoms with Crippen LogP contribution in [0.15, 0.2) is 66.7 Å². The molecule has 5 aromatic rings. The van der Waals surface area contributed by atoms with Crippen LogP contribution >= 0.6 is 0 Å². The maximum atomic E-state index is 15.1. The summed E-state index contributed by atoms with van der Waals surface area (Å²) < 4.78 is 185. The SMILES string of the molecule is F/C(=C(/F)c1c(F)cc(-c2ccccc2F)cc1F)c1cc(F)c(-c2cc(F)c3c(F)c(C#CC(F)(F)F)c(F)cc3c2)c(F)c1. The van der Waals surface area contributed by atoms with Gasteiger partial charge in [-0.15, -0.1) is 0 Å². The lowest BCUT2D eigenvalue weighted by Gasteiger charge is -2.12. The molecule has 0 saturated carbocycles. The molecular weight excluding hydrogens is 643 g/mol. The zero-order valence-corrected chi connectivity index (χ0v) is 22.3. The fraction of sp³-hybridized carbons (Fsp3) is 0.0303. The number of halogens is 13. The van der Waals surface area contributed by atoms with Crippen LogP contribution in [-0.4, -0.2) is 6.18 Å². The van der Waals surface area contributed by atoms with Crippen LogP contribution in [0.25, 0.3) is 44.7 Å². The Kier molecular flexibility index (Phi) is 8.33. The second kappa shape index (κ2) is 11.9. The van der Waals surface area contributed by atoms with Crippen molar-refractivity contribution >= 4 is 22.4 Å². The minimum absolute atomic E-state index is 0.190. The third kappa shape index (κ3) is 6.02. The molecule has 0 unspecified atom stereocenters. The van der Waals surface area contributed by atoms with Crippen LogP contribution in [0.3, 0.4) is 0 Å². The lowest BCUT2D eigenvalue weighted by molar-refractivity contribution is -0.0696. The Hall–Kier alpha value is -5.25. The van der Waals surface area contributed by atoms with Crippen LogP contribution in [0.5, 0.6) is 0 Å². The Morgan fingerprint density at radius 2 is 1.15 bits per heavy atom. The van der Waals surface area contributed by atoms with Crippen molar-refractivity contribution in [3.63, 3.8) is 0 Å². The van der Waals surface area contributed by atoms with E-state index in [0.717, 1.165) is 6.07 Å². The molecule has 5 rings (SSSR count). The first-order valence-corrected chi connectivity index (χ1v) is 12.6. The molecule has 0 aliphatic heterocycles. The van der Waals surface area contributed by atoms with E-state index in [1.54, 1.807) is 0 Å². The van der Waals surface area contributed by atoms with Crippen molar-refractivity contribution in [2.75, 3.05) is 0 Å². The standard InChI is InChI=1S/C33H11F13/c34-20-4-2-1-3-18(20)14-8-25(39)29(26(40)9-14)32(43)30(41)17-12-22(36)27(23(37)13-17)15-7-16-10-21(35)19(5-6-33(44,45)46)31(42)28(16)24(38)11-15/h1-4,7-13H/b32-30+. The average Bonchev–Trinajstić information content (AvgIpc) is 2.95. The lowest BCUT2D eigenvalue weighted by atomic mass is 9.96. The van der Waals surface area contributed by atoms with E-state index in [-0.39, 0.29) is 23.3 Å². The minimum Gasteiger partial charge on any atom is -0.206 e. The molecule has 46 heavy (non-hydrogen) atoms. The van der Waals surface area contributed by atoms with Crippen molar-refractivity contribution in [1.82, 2.24) is 0 Å². The summed E-state index contributed by atoms with van der Waals surface area (Å²) in [5, 5.41) is -1.75. The Morgan fingerprint density at radius 3 is 1.74 bits per heavy atom. The third-order valence-corrected chi connectivity index (χ3v) is 6.63. The van der Waals surface area contributed by atoms with Gasteiger partial charge in [-0.3, -0.25) is 0 Å². The number of fused-ring (bicyclic) bond motifs is 1. The van der Waals surface area contributed by atoms with Gasteiger partial charge in [0.1, 0.15) is 40.7 Å². The monoisotopic (exact) mass is 654 g/mol. The Morgan fingerprint density at radius 1 is 0.565 bits per heavy atom. The van der Waals surface area contributed by atoms with Gasteiger partial charge in [0.05, 0.1) is 22.1 Å². The molecule has 0 heterocycles. The van der Waals surface area contributed by atoms with E-state index in [0.29, 0.717) is 36.3 Å². The van der Waals surface area contributed by atoms with Crippen LogP contribution in [0.4, 0.5) is 57.1 Å². The van der Waals surface area contributed by atoms with Crippen LogP contribution in [0.1, 0.15) is 16.7 Å². The number of benzene rings is 5. The first-order valence-electron chi connectivity index (χ1n) is 12.6. The van der Waals surface area contributed by atoms with Crippen molar-refractivity contribution in [3.05, 3.63) is 130 Å². The van der Waals surface area contributed by atoms with Gasteiger partial charge in [0.15, 0.2) is 17.5 Å². The number of hydrogen-bond acceptors (Lipinski definition) is 0. The quantitative estimate of drug-likeness (QED) is 0.103. The van der Waals surface area contributed by atoms with E-state index in [2.05, 4.69) is 0 Å². The van der Waals surface area contributed by atoms with Gasteiger partial charge in [-0.05, 0) is 65.0 Å². The van der Waals surface area contributed by atoms with E-state index in [1.165, 1.54) is 24.1 Å². The van der Waals surface area contributed by atoms with Gasteiger partial charge in [-0.25, -0.2) is 43.9 Å². The fourth-order valence-electron chi connectivity index (χ4n) is 4.65. The van der Waals surface area contributed by atoms with E-state index in [1.807, 2.05) is 0 Å². The van der Waals surface area contributed by atoms with E-state index in [4.69, 9.17) is 0 Å². The molecular formula is C33H11F13. The van der Waals surface area contributed by atoms with Gasteiger partial charge in [0.2, 0.25) is 0 Å². The van der Waals surface area contributed by atoms with Gasteiger partial charge >= 0.3 is 6.18 Å². The summed E-state index contributed by atoms with van der Waals surface area (Å²) in [6, 6.07) is 7.60. The Bertz CT molecular complexity index is 2100. The van der Waals surface area contributed by atoms with Gasteiger partial charge in [0, 0.05) is 17.0 Å². The molecule has 0 fully saturated rings. The van der Waals surface area contributed by atoms with Crippen molar-refractivity contribution < 1.29 is 57.1 Å². The molecule has 0 spiro atoms. The highest BCUT2D eigenvalue weighted by molar-refractivity contribution is 5.91. The number of hydrogen-bond donors (Lipinski definition) is 0. The summed E-state index contributed by atoms with van der Waals surface area (Å²) in [6.07, 6.45) is -5.13.